The fourth-order valence-electron chi connectivity index (χ4n) is 2.41. The summed E-state index contributed by atoms with van der Waals surface area (Å²) < 4.78 is 0. The van der Waals surface area contributed by atoms with Crippen molar-refractivity contribution in [2.24, 2.45) is 0 Å². The molecule has 2 nitrogen and oxygen atoms in total. The molecule has 1 saturated heterocycles. The molecule has 0 bridgehead atoms. The Bertz CT molecular complexity index is 373. The molecule has 80 valence electrons. The summed E-state index contributed by atoms with van der Waals surface area (Å²) in [5.41, 5.74) is 2.08. The van der Waals surface area contributed by atoms with E-state index in [0.29, 0.717) is 6.04 Å². The van der Waals surface area contributed by atoms with E-state index in [1.54, 1.807) is 6.92 Å². The number of hydrogen-bond donors (Lipinski definition) is 0. The molecule has 0 radical (unpaired) electrons. The van der Waals surface area contributed by atoms with Gasteiger partial charge in [-0.1, -0.05) is 24.3 Å². The van der Waals surface area contributed by atoms with Crippen molar-refractivity contribution in [1.29, 1.82) is 0 Å². The summed E-state index contributed by atoms with van der Waals surface area (Å²) in [4.78, 5) is 13.8. The van der Waals surface area contributed by atoms with Crippen LogP contribution in [0.15, 0.2) is 24.3 Å². The largest absolute Gasteiger partial charge is 0.299 e. The molecule has 1 heterocycles. The van der Waals surface area contributed by atoms with E-state index < -0.39 is 0 Å². The van der Waals surface area contributed by atoms with Crippen LogP contribution in [0.2, 0.25) is 0 Å². The molecule has 0 spiro atoms. The molecular formula is C13H17NO. The first-order valence-electron chi connectivity index (χ1n) is 5.50. The molecule has 0 N–H and O–H groups in total. The molecule has 0 aliphatic carbocycles. The van der Waals surface area contributed by atoms with Crippen molar-refractivity contribution < 1.29 is 4.79 Å². The molecule has 1 atom stereocenters. The quantitative estimate of drug-likeness (QED) is 0.689. The molecule has 1 aromatic carbocycles. The third-order valence-corrected chi connectivity index (χ3v) is 3.22. The maximum Gasteiger partial charge on any atom is 0.160 e. The van der Waals surface area contributed by atoms with Crippen LogP contribution in [0.25, 0.3) is 0 Å². The predicted molar refractivity (Wildman–Crippen MR) is 61.1 cm³/mol. The third kappa shape index (κ3) is 1.95. The highest BCUT2D eigenvalue weighted by Gasteiger charge is 2.25. The molecule has 1 aromatic rings. The second-order valence-corrected chi connectivity index (χ2v) is 4.28. The average Bonchev–Trinajstić information content (AvgIpc) is 2.64. The Balaban J connectivity index is 2.38. The van der Waals surface area contributed by atoms with Crippen LogP contribution in [0, 0.1) is 0 Å². The molecule has 1 aliphatic rings. The number of carbonyl (C=O) groups is 1. The summed E-state index contributed by atoms with van der Waals surface area (Å²) in [6.45, 7) is 2.78. The monoisotopic (exact) mass is 203 g/mol. The second kappa shape index (κ2) is 4.15. The molecule has 1 aliphatic heterocycles. The van der Waals surface area contributed by atoms with Gasteiger partial charge in [0, 0.05) is 11.6 Å². The lowest BCUT2D eigenvalue weighted by molar-refractivity contribution is 0.101. The molecule has 1 unspecified atom stereocenters. The van der Waals surface area contributed by atoms with E-state index in [-0.39, 0.29) is 5.78 Å². The first kappa shape index (κ1) is 10.4. The smallest absolute Gasteiger partial charge is 0.160 e. The van der Waals surface area contributed by atoms with Gasteiger partial charge in [0.25, 0.3) is 0 Å². The van der Waals surface area contributed by atoms with Crippen molar-refractivity contribution in [3.8, 4) is 0 Å². The van der Waals surface area contributed by atoms with Crippen LogP contribution in [0.4, 0.5) is 0 Å². The van der Waals surface area contributed by atoms with E-state index in [1.807, 2.05) is 18.2 Å². The van der Waals surface area contributed by atoms with Crippen molar-refractivity contribution >= 4 is 5.78 Å². The number of likely N-dealkylation sites (tertiary alicyclic amines) is 1. The molecule has 0 aromatic heterocycles. The maximum absolute atomic E-state index is 11.5. The lowest BCUT2D eigenvalue weighted by Gasteiger charge is -2.21. The fraction of sp³-hybridized carbons (Fsp3) is 0.462. The van der Waals surface area contributed by atoms with E-state index in [4.69, 9.17) is 0 Å². The molecular weight excluding hydrogens is 186 g/mol. The lowest BCUT2D eigenvalue weighted by Crippen LogP contribution is -2.19. The average molecular weight is 203 g/mol. The summed E-state index contributed by atoms with van der Waals surface area (Å²) in [7, 11) is 2.13. The summed E-state index contributed by atoms with van der Waals surface area (Å²) in [6.07, 6.45) is 2.40. The highest BCUT2D eigenvalue weighted by atomic mass is 16.1. The summed E-state index contributed by atoms with van der Waals surface area (Å²) >= 11 is 0. The number of Topliss-reactive ketones (excluding diaryl/α,β-unsaturated/α-hetero) is 1. The van der Waals surface area contributed by atoms with Crippen molar-refractivity contribution in [2.45, 2.75) is 25.8 Å². The first-order valence-corrected chi connectivity index (χ1v) is 5.50. The summed E-state index contributed by atoms with van der Waals surface area (Å²) in [5, 5.41) is 0. The van der Waals surface area contributed by atoms with Crippen LogP contribution < -0.4 is 0 Å². The van der Waals surface area contributed by atoms with Gasteiger partial charge in [-0.3, -0.25) is 9.69 Å². The van der Waals surface area contributed by atoms with Crippen molar-refractivity contribution in [3.05, 3.63) is 35.4 Å². The highest BCUT2D eigenvalue weighted by Crippen LogP contribution is 2.32. The Morgan fingerprint density at radius 3 is 2.73 bits per heavy atom. The second-order valence-electron chi connectivity index (χ2n) is 4.28. The van der Waals surface area contributed by atoms with Gasteiger partial charge in [-0.25, -0.2) is 0 Å². The SMILES string of the molecule is CC(=O)c1ccccc1C1CCCN1C. The van der Waals surface area contributed by atoms with E-state index >= 15 is 0 Å². The number of ketones is 1. The normalized spacial score (nSPS) is 21.9. The predicted octanol–water partition coefficient (Wildman–Crippen LogP) is 2.66. The number of rotatable bonds is 2. The fourth-order valence-corrected chi connectivity index (χ4v) is 2.41. The van der Waals surface area contributed by atoms with Gasteiger partial charge in [-0.05, 0) is 38.9 Å². The number of nitrogens with zero attached hydrogens (tertiary/aromatic N) is 1. The van der Waals surface area contributed by atoms with Crippen LogP contribution in [-0.4, -0.2) is 24.3 Å². The molecule has 15 heavy (non-hydrogen) atoms. The van der Waals surface area contributed by atoms with Crippen LogP contribution in [0.5, 0.6) is 0 Å². The minimum atomic E-state index is 0.172. The maximum atomic E-state index is 11.5. The minimum Gasteiger partial charge on any atom is -0.299 e. The van der Waals surface area contributed by atoms with Gasteiger partial charge in [-0.2, -0.15) is 0 Å². The molecule has 0 saturated carbocycles. The topological polar surface area (TPSA) is 20.3 Å². The van der Waals surface area contributed by atoms with Crippen LogP contribution in [-0.2, 0) is 0 Å². The number of hydrogen-bond acceptors (Lipinski definition) is 2. The van der Waals surface area contributed by atoms with Gasteiger partial charge in [0.05, 0.1) is 0 Å². The Morgan fingerprint density at radius 2 is 2.13 bits per heavy atom. The Labute approximate surface area is 90.9 Å². The van der Waals surface area contributed by atoms with Crippen LogP contribution in [0.3, 0.4) is 0 Å². The van der Waals surface area contributed by atoms with Crippen LogP contribution in [0.1, 0.15) is 41.7 Å². The lowest BCUT2D eigenvalue weighted by atomic mass is 9.96. The zero-order chi connectivity index (χ0) is 10.8. The Hall–Kier alpha value is -1.15. The van der Waals surface area contributed by atoms with Gasteiger partial charge >= 0.3 is 0 Å². The Morgan fingerprint density at radius 1 is 1.40 bits per heavy atom. The first-order chi connectivity index (χ1) is 7.20. The molecule has 2 heteroatoms. The number of benzene rings is 1. The van der Waals surface area contributed by atoms with E-state index in [2.05, 4.69) is 18.0 Å². The zero-order valence-corrected chi connectivity index (χ0v) is 9.36. The van der Waals surface area contributed by atoms with Gasteiger partial charge in [0.1, 0.15) is 0 Å². The van der Waals surface area contributed by atoms with Gasteiger partial charge in [0.2, 0.25) is 0 Å². The van der Waals surface area contributed by atoms with Crippen molar-refractivity contribution in [1.82, 2.24) is 4.90 Å². The molecule has 2 rings (SSSR count). The molecule has 0 amide bonds. The van der Waals surface area contributed by atoms with Crippen molar-refractivity contribution in [3.63, 3.8) is 0 Å². The summed E-state index contributed by atoms with van der Waals surface area (Å²) in [5.74, 6) is 0.172. The third-order valence-electron chi connectivity index (χ3n) is 3.22. The minimum absolute atomic E-state index is 0.172. The molecule has 1 fully saturated rings. The van der Waals surface area contributed by atoms with E-state index in [0.717, 1.165) is 12.1 Å². The number of carbonyl (C=O) groups excluding carboxylic acids is 1. The zero-order valence-electron chi connectivity index (χ0n) is 9.36. The van der Waals surface area contributed by atoms with Crippen molar-refractivity contribution in [2.75, 3.05) is 13.6 Å². The standard InChI is InChI=1S/C13H17NO/c1-10(15)11-6-3-4-7-12(11)13-8-5-9-14(13)2/h3-4,6-7,13H,5,8-9H2,1-2H3. The van der Waals surface area contributed by atoms with Gasteiger partial charge < -0.3 is 0 Å². The van der Waals surface area contributed by atoms with E-state index in [1.165, 1.54) is 18.4 Å². The Kier molecular flexibility index (Phi) is 2.87. The summed E-state index contributed by atoms with van der Waals surface area (Å²) in [6, 6.07) is 8.42. The van der Waals surface area contributed by atoms with Gasteiger partial charge in [0.15, 0.2) is 5.78 Å². The van der Waals surface area contributed by atoms with Gasteiger partial charge in [-0.15, -0.1) is 0 Å². The highest BCUT2D eigenvalue weighted by molar-refractivity contribution is 5.95. The van der Waals surface area contributed by atoms with Crippen LogP contribution >= 0.6 is 0 Å². The van der Waals surface area contributed by atoms with E-state index in [9.17, 15) is 4.79 Å².